The molecule has 0 aliphatic carbocycles. The highest BCUT2D eigenvalue weighted by Crippen LogP contribution is 2.29. The predicted molar refractivity (Wildman–Crippen MR) is 105 cm³/mol. The van der Waals surface area contributed by atoms with Crippen LogP contribution in [0.3, 0.4) is 0 Å². The Balaban J connectivity index is 1.69. The van der Waals surface area contributed by atoms with Gasteiger partial charge in [-0.15, -0.1) is 0 Å². The van der Waals surface area contributed by atoms with E-state index in [2.05, 4.69) is 21.2 Å². The average molecular weight is 417 g/mol. The minimum absolute atomic E-state index is 0.0428. The Morgan fingerprint density at radius 2 is 2.08 bits per heavy atom. The summed E-state index contributed by atoms with van der Waals surface area (Å²) in [7, 11) is 0. The van der Waals surface area contributed by atoms with Crippen molar-refractivity contribution in [2.75, 3.05) is 23.4 Å². The molecule has 26 heavy (non-hydrogen) atoms. The zero-order valence-electron chi connectivity index (χ0n) is 14.6. The summed E-state index contributed by atoms with van der Waals surface area (Å²) in [5.74, 6) is 0.0544. The second-order valence-electron chi connectivity index (χ2n) is 6.22. The van der Waals surface area contributed by atoms with Gasteiger partial charge < -0.3 is 15.0 Å². The van der Waals surface area contributed by atoms with E-state index in [-0.39, 0.29) is 24.2 Å². The van der Waals surface area contributed by atoms with Crippen molar-refractivity contribution < 1.29 is 14.3 Å². The van der Waals surface area contributed by atoms with Gasteiger partial charge in [0, 0.05) is 23.1 Å². The van der Waals surface area contributed by atoms with Gasteiger partial charge in [-0.1, -0.05) is 41.1 Å². The number of para-hydroxylation sites is 2. The monoisotopic (exact) mass is 416 g/mol. The Kier molecular flexibility index (Phi) is 5.93. The molecule has 6 heteroatoms. The Labute approximate surface area is 161 Å². The first-order chi connectivity index (χ1) is 12.6. The molecule has 1 fully saturated rings. The first-order valence-corrected chi connectivity index (χ1v) is 9.46. The third-order valence-electron chi connectivity index (χ3n) is 4.22. The smallest absolute Gasteiger partial charge is 0.229 e. The van der Waals surface area contributed by atoms with E-state index < -0.39 is 0 Å². The van der Waals surface area contributed by atoms with Gasteiger partial charge in [-0.2, -0.15) is 0 Å². The number of amides is 2. The van der Waals surface area contributed by atoms with Crippen molar-refractivity contribution >= 4 is 39.1 Å². The molecular formula is C20H21BrN2O3. The molecule has 2 aromatic carbocycles. The van der Waals surface area contributed by atoms with Crippen LogP contribution in [0.25, 0.3) is 0 Å². The lowest BCUT2D eigenvalue weighted by Crippen LogP contribution is -2.28. The van der Waals surface area contributed by atoms with E-state index in [0.717, 1.165) is 16.6 Å². The van der Waals surface area contributed by atoms with Gasteiger partial charge in [-0.25, -0.2) is 0 Å². The number of nitrogens with one attached hydrogen (secondary N) is 1. The molecule has 0 radical (unpaired) electrons. The molecule has 0 spiro atoms. The molecule has 1 aliphatic rings. The van der Waals surface area contributed by atoms with Crippen LogP contribution in [0.5, 0.6) is 5.75 Å². The second-order valence-corrected chi connectivity index (χ2v) is 7.13. The number of carbonyl (C=O) groups excluding carboxylic acids is 2. The van der Waals surface area contributed by atoms with Crippen molar-refractivity contribution in [3.05, 3.63) is 53.0 Å². The van der Waals surface area contributed by atoms with Gasteiger partial charge >= 0.3 is 0 Å². The van der Waals surface area contributed by atoms with Crippen LogP contribution >= 0.6 is 15.9 Å². The fraction of sp³-hybridized carbons (Fsp3) is 0.300. The van der Waals surface area contributed by atoms with Crippen molar-refractivity contribution in [2.45, 2.75) is 19.8 Å². The third kappa shape index (κ3) is 4.25. The molecule has 0 saturated carbocycles. The first kappa shape index (κ1) is 18.5. The largest absolute Gasteiger partial charge is 0.491 e. The number of carbonyl (C=O) groups is 2. The summed E-state index contributed by atoms with van der Waals surface area (Å²) >= 11 is 3.41. The maximum atomic E-state index is 12.7. The molecule has 136 valence electrons. The fourth-order valence-electron chi connectivity index (χ4n) is 2.92. The van der Waals surface area contributed by atoms with Crippen molar-refractivity contribution in [1.82, 2.24) is 0 Å². The Bertz CT molecular complexity index is 809. The van der Waals surface area contributed by atoms with Crippen LogP contribution in [0, 0.1) is 5.92 Å². The number of halogens is 1. The van der Waals surface area contributed by atoms with E-state index in [9.17, 15) is 9.59 Å². The highest BCUT2D eigenvalue weighted by Gasteiger charge is 2.35. The molecular weight excluding hydrogens is 396 g/mol. The molecule has 1 heterocycles. The zero-order valence-corrected chi connectivity index (χ0v) is 16.2. The molecule has 2 amide bonds. The lowest BCUT2D eigenvalue weighted by molar-refractivity contribution is -0.122. The van der Waals surface area contributed by atoms with Crippen LogP contribution in [0.1, 0.15) is 19.8 Å². The molecule has 1 atom stereocenters. The molecule has 1 unspecified atom stereocenters. The maximum Gasteiger partial charge on any atom is 0.229 e. The normalized spacial score (nSPS) is 16.6. The summed E-state index contributed by atoms with van der Waals surface area (Å²) in [4.78, 5) is 26.7. The molecule has 0 bridgehead atoms. The number of ether oxygens (including phenoxy) is 1. The molecule has 2 aromatic rings. The number of hydrogen-bond acceptors (Lipinski definition) is 3. The summed E-state index contributed by atoms with van der Waals surface area (Å²) in [6.45, 7) is 2.99. The van der Waals surface area contributed by atoms with Crippen molar-refractivity contribution in [2.24, 2.45) is 5.92 Å². The van der Waals surface area contributed by atoms with Crippen LogP contribution < -0.4 is 15.0 Å². The van der Waals surface area contributed by atoms with Gasteiger partial charge in [-0.3, -0.25) is 9.59 Å². The number of hydrogen-bond donors (Lipinski definition) is 1. The van der Waals surface area contributed by atoms with Gasteiger partial charge in [0.05, 0.1) is 18.2 Å². The molecule has 1 aliphatic heterocycles. The summed E-state index contributed by atoms with van der Waals surface area (Å²) < 4.78 is 6.58. The van der Waals surface area contributed by atoms with Gasteiger partial charge in [-0.05, 0) is 36.8 Å². The number of rotatable bonds is 6. The van der Waals surface area contributed by atoms with Gasteiger partial charge in [0.1, 0.15) is 5.75 Å². The Morgan fingerprint density at radius 3 is 2.85 bits per heavy atom. The highest BCUT2D eigenvalue weighted by molar-refractivity contribution is 9.10. The highest BCUT2D eigenvalue weighted by atomic mass is 79.9. The fourth-order valence-corrected chi connectivity index (χ4v) is 3.31. The van der Waals surface area contributed by atoms with E-state index in [1.165, 1.54) is 0 Å². The number of benzene rings is 2. The maximum absolute atomic E-state index is 12.7. The van der Waals surface area contributed by atoms with E-state index in [4.69, 9.17) is 4.74 Å². The van der Waals surface area contributed by atoms with Crippen molar-refractivity contribution in [3.8, 4) is 5.75 Å². The van der Waals surface area contributed by atoms with E-state index in [0.29, 0.717) is 24.6 Å². The van der Waals surface area contributed by atoms with Crippen LogP contribution in [-0.2, 0) is 9.59 Å². The van der Waals surface area contributed by atoms with Crippen molar-refractivity contribution in [3.63, 3.8) is 0 Å². The summed E-state index contributed by atoms with van der Waals surface area (Å²) in [6.07, 6.45) is 1.09. The van der Waals surface area contributed by atoms with Gasteiger partial charge in [0.15, 0.2) is 0 Å². The summed E-state index contributed by atoms with van der Waals surface area (Å²) in [6, 6.07) is 14.9. The zero-order chi connectivity index (χ0) is 18.5. The van der Waals surface area contributed by atoms with Crippen LogP contribution in [0.15, 0.2) is 53.0 Å². The van der Waals surface area contributed by atoms with Crippen LogP contribution in [0.4, 0.5) is 11.4 Å². The summed E-state index contributed by atoms with van der Waals surface area (Å²) in [5, 5.41) is 2.91. The topological polar surface area (TPSA) is 58.6 Å². The SMILES string of the molecule is CCCOc1ccccc1NC(=O)C1CC(=O)N(c2cccc(Br)c2)C1. The minimum Gasteiger partial charge on any atom is -0.491 e. The number of anilines is 2. The third-order valence-corrected chi connectivity index (χ3v) is 4.72. The molecule has 1 saturated heterocycles. The molecule has 3 rings (SSSR count). The predicted octanol–water partition coefficient (Wildman–Crippen LogP) is 4.23. The van der Waals surface area contributed by atoms with Crippen molar-refractivity contribution in [1.29, 1.82) is 0 Å². The summed E-state index contributed by atoms with van der Waals surface area (Å²) in [5.41, 5.74) is 1.44. The standard InChI is InChI=1S/C20H21BrN2O3/c1-2-10-26-18-9-4-3-8-17(18)22-20(25)14-11-19(24)23(13-14)16-7-5-6-15(21)12-16/h3-9,12,14H,2,10-11,13H2,1H3,(H,22,25). The molecule has 5 nitrogen and oxygen atoms in total. The van der Waals surface area contributed by atoms with Crippen LogP contribution in [0.2, 0.25) is 0 Å². The van der Waals surface area contributed by atoms with E-state index >= 15 is 0 Å². The molecule has 0 aromatic heterocycles. The van der Waals surface area contributed by atoms with E-state index in [1.807, 2.05) is 55.5 Å². The van der Waals surface area contributed by atoms with Crippen LogP contribution in [-0.4, -0.2) is 25.0 Å². The lowest BCUT2D eigenvalue weighted by Gasteiger charge is -2.17. The minimum atomic E-state index is -0.388. The Hall–Kier alpha value is -2.34. The van der Waals surface area contributed by atoms with Gasteiger partial charge in [0.25, 0.3) is 0 Å². The second kappa shape index (κ2) is 8.36. The number of nitrogens with zero attached hydrogens (tertiary/aromatic N) is 1. The molecule has 1 N–H and O–H groups in total. The van der Waals surface area contributed by atoms with E-state index in [1.54, 1.807) is 4.90 Å². The average Bonchev–Trinajstić information content (AvgIpc) is 3.03. The quantitative estimate of drug-likeness (QED) is 0.766. The lowest BCUT2D eigenvalue weighted by atomic mass is 10.1. The Morgan fingerprint density at radius 1 is 1.27 bits per heavy atom. The van der Waals surface area contributed by atoms with Gasteiger partial charge in [0.2, 0.25) is 11.8 Å². The first-order valence-electron chi connectivity index (χ1n) is 8.67.